The number of hydrogen-bond donors (Lipinski definition) is 1. The Morgan fingerprint density at radius 3 is 2.50 bits per heavy atom. The molecule has 1 saturated carbocycles. The largest absolute Gasteiger partial charge is 0.323 e. The maximum absolute atomic E-state index is 3.44. The van der Waals surface area contributed by atoms with Gasteiger partial charge >= 0.3 is 0 Å². The van der Waals surface area contributed by atoms with Crippen LogP contribution in [0.3, 0.4) is 0 Å². The fourth-order valence-electron chi connectivity index (χ4n) is 1.70. The first-order valence-electron chi connectivity index (χ1n) is 4.76. The van der Waals surface area contributed by atoms with Gasteiger partial charge in [-0.2, -0.15) is 0 Å². The van der Waals surface area contributed by atoms with Gasteiger partial charge in [0.05, 0.1) is 0 Å². The van der Waals surface area contributed by atoms with Crippen molar-refractivity contribution in [3.05, 3.63) is 24.5 Å². The Morgan fingerprint density at radius 1 is 1.33 bits per heavy atom. The number of rotatable bonds is 3. The van der Waals surface area contributed by atoms with Crippen LogP contribution in [0.15, 0.2) is 24.5 Å². The SMILES string of the molecule is CC(Nn1cccc1)C1CCC1. The lowest BCUT2D eigenvalue weighted by atomic mass is 9.81. The van der Waals surface area contributed by atoms with Crippen LogP contribution in [0.4, 0.5) is 0 Å². The maximum atomic E-state index is 3.44. The van der Waals surface area contributed by atoms with Gasteiger partial charge in [-0.15, -0.1) is 0 Å². The zero-order valence-corrected chi connectivity index (χ0v) is 7.53. The highest BCUT2D eigenvalue weighted by Crippen LogP contribution is 2.29. The Labute approximate surface area is 73.6 Å². The molecule has 0 aliphatic heterocycles. The first-order chi connectivity index (χ1) is 5.86. The number of aromatic nitrogens is 1. The van der Waals surface area contributed by atoms with Crippen molar-refractivity contribution in [2.75, 3.05) is 5.43 Å². The van der Waals surface area contributed by atoms with E-state index in [4.69, 9.17) is 0 Å². The summed E-state index contributed by atoms with van der Waals surface area (Å²) < 4.78 is 2.04. The van der Waals surface area contributed by atoms with Gasteiger partial charge in [0.2, 0.25) is 0 Å². The number of nitrogens with zero attached hydrogens (tertiary/aromatic N) is 1. The molecule has 66 valence electrons. The lowest BCUT2D eigenvalue weighted by Gasteiger charge is -2.32. The van der Waals surface area contributed by atoms with Gasteiger partial charge in [0, 0.05) is 18.4 Å². The maximum Gasteiger partial charge on any atom is 0.0424 e. The van der Waals surface area contributed by atoms with Gasteiger partial charge in [0.1, 0.15) is 0 Å². The highest BCUT2D eigenvalue weighted by molar-refractivity contribution is 4.96. The second kappa shape index (κ2) is 3.21. The quantitative estimate of drug-likeness (QED) is 0.724. The van der Waals surface area contributed by atoms with E-state index in [2.05, 4.69) is 24.7 Å². The topological polar surface area (TPSA) is 17.0 Å². The normalized spacial score (nSPS) is 20.1. The van der Waals surface area contributed by atoms with Gasteiger partial charge in [-0.05, 0) is 37.8 Å². The first-order valence-corrected chi connectivity index (χ1v) is 4.76. The minimum Gasteiger partial charge on any atom is -0.323 e. The molecule has 1 fully saturated rings. The van der Waals surface area contributed by atoms with Crippen molar-refractivity contribution in [3.63, 3.8) is 0 Å². The molecule has 1 heterocycles. The fourth-order valence-corrected chi connectivity index (χ4v) is 1.70. The van der Waals surface area contributed by atoms with Crippen LogP contribution in [0.1, 0.15) is 26.2 Å². The van der Waals surface area contributed by atoms with Gasteiger partial charge in [-0.3, -0.25) is 4.68 Å². The average Bonchev–Trinajstić information content (AvgIpc) is 2.34. The highest BCUT2D eigenvalue weighted by atomic mass is 15.4. The summed E-state index contributed by atoms with van der Waals surface area (Å²) in [5, 5.41) is 0. The summed E-state index contributed by atoms with van der Waals surface area (Å²) in [4.78, 5) is 0. The predicted molar refractivity (Wildman–Crippen MR) is 50.6 cm³/mol. The van der Waals surface area contributed by atoms with E-state index < -0.39 is 0 Å². The second-order valence-corrected chi connectivity index (χ2v) is 3.70. The molecule has 1 aliphatic carbocycles. The first kappa shape index (κ1) is 7.71. The number of nitrogens with one attached hydrogen (secondary N) is 1. The van der Waals surface area contributed by atoms with Crippen LogP contribution in [0.25, 0.3) is 0 Å². The van der Waals surface area contributed by atoms with Gasteiger partial charge in [0.25, 0.3) is 0 Å². The molecular weight excluding hydrogens is 148 g/mol. The number of hydrogen-bond acceptors (Lipinski definition) is 1. The highest BCUT2D eigenvalue weighted by Gasteiger charge is 2.23. The van der Waals surface area contributed by atoms with Crippen molar-refractivity contribution >= 4 is 0 Å². The Morgan fingerprint density at radius 2 is 2.00 bits per heavy atom. The van der Waals surface area contributed by atoms with Crippen LogP contribution in [0.5, 0.6) is 0 Å². The van der Waals surface area contributed by atoms with Crippen LogP contribution in [-0.4, -0.2) is 10.7 Å². The van der Waals surface area contributed by atoms with Crippen LogP contribution in [-0.2, 0) is 0 Å². The van der Waals surface area contributed by atoms with Crippen LogP contribution in [0.2, 0.25) is 0 Å². The Balaban J connectivity index is 1.86. The van der Waals surface area contributed by atoms with Crippen LogP contribution < -0.4 is 5.43 Å². The molecule has 0 spiro atoms. The molecule has 1 N–H and O–H groups in total. The van der Waals surface area contributed by atoms with Crippen LogP contribution in [0, 0.1) is 5.92 Å². The smallest absolute Gasteiger partial charge is 0.0424 e. The van der Waals surface area contributed by atoms with Crippen molar-refractivity contribution in [2.24, 2.45) is 5.92 Å². The van der Waals surface area contributed by atoms with E-state index >= 15 is 0 Å². The molecule has 1 unspecified atom stereocenters. The summed E-state index contributed by atoms with van der Waals surface area (Å²) in [7, 11) is 0. The third-order valence-electron chi connectivity index (χ3n) is 2.81. The zero-order valence-electron chi connectivity index (χ0n) is 7.53. The lowest BCUT2D eigenvalue weighted by molar-refractivity contribution is 0.275. The molecule has 1 aliphatic rings. The molecule has 0 saturated heterocycles. The van der Waals surface area contributed by atoms with E-state index in [0.717, 1.165) is 5.92 Å². The molecule has 0 radical (unpaired) electrons. The summed E-state index contributed by atoms with van der Waals surface area (Å²) in [5.74, 6) is 0.896. The molecular formula is C10H16N2. The predicted octanol–water partition coefficient (Wildman–Crippen LogP) is 2.22. The summed E-state index contributed by atoms with van der Waals surface area (Å²) >= 11 is 0. The van der Waals surface area contributed by atoms with Gasteiger partial charge in [-0.25, -0.2) is 0 Å². The third kappa shape index (κ3) is 1.47. The van der Waals surface area contributed by atoms with E-state index in [0.29, 0.717) is 6.04 Å². The van der Waals surface area contributed by atoms with Crippen LogP contribution >= 0.6 is 0 Å². The molecule has 2 nitrogen and oxygen atoms in total. The van der Waals surface area contributed by atoms with Crippen molar-refractivity contribution in [1.82, 2.24) is 4.68 Å². The Hall–Kier alpha value is -0.920. The van der Waals surface area contributed by atoms with E-state index in [-0.39, 0.29) is 0 Å². The molecule has 1 aromatic heterocycles. The minimum atomic E-state index is 0.617. The fraction of sp³-hybridized carbons (Fsp3) is 0.600. The molecule has 0 bridgehead atoms. The van der Waals surface area contributed by atoms with E-state index in [1.807, 2.05) is 16.8 Å². The van der Waals surface area contributed by atoms with Crippen molar-refractivity contribution in [1.29, 1.82) is 0 Å². The standard InChI is InChI=1S/C10H16N2/c1-9(10-5-4-6-10)11-12-7-2-3-8-12/h2-3,7-11H,4-6H2,1H3. The molecule has 1 atom stereocenters. The molecule has 0 aromatic carbocycles. The summed E-state index contributed by atoms with van der Waals surface area (Å²) in [6, 6.07) is 4.70. The molecule has 12 heavy (non-hydrogen) atoms. The van der Waals surface area contributed by atoms with Gasteiger partial charge in [0.15, 0.2) is 0 Å². The molecule has 1 aromatic rings. The molecule has 0 amide bonds. The monoisotopic (exact) mass is 164 g/mol. The summed E-state index contributed by atoms with van der Waals surface area (Å²) in [6.45, 7) is 2.27. The van der Waals surface area contributed by atoms with E-state index in [9.17, 15) is 0 Å². The van der Waals surface area contributed by atoms with E-state index in [1.54, 1.807) is 0 Å². The second-order valence-electron chi connectivity index (χ2n) is 3.70. The third-order valence-corrected chi connectivity index (χ3v) is 2.81. The van der Waals surface area contributed by atoms with E-state index in [1.165, 1.54) is 19.3 Å². The summed E-state index contributed by atoms with van der Waals surface area (Å²) in [6.07, 6.45) is 8.32. The zero-order chi connectivity index (χ0) is 8.39. The Kier molecular flexibility index (Phi) is 2.07. The van der Waals surface area contributed by atoms with Crippen molar-refractivity contribution in [3.8, 4) is 0 Å². The summed E-state index contributed by atoms with van der Waals surface area (Å²) in [5.41, 5.74) is 3.44. The molecule has 2 rings (SSSR count). The lowest BCUT2D eigenvalue weighted by Crippen LogP contribution is -2.35. The average molecular weight is 164 g/mol. The minimum absolute atomic E-state index is 0.617. The van der Waals surface area contributed by atoms with Crippen molar-refractivity contribution in [2.45, 2.75) is 32.2 Å². The van der Waals surface area contributed by atoms with Gasteiger partial charge in [-0.1, -0.05) is 6.42 Å². The Bertz CT molecular complexity index is 224. The van der Waals surface area contributed by atoms with Crippen molar-refractivity contribution < 1.29 is 0 Å². The molecule has 2 heteroatoms. The van der Waals surface area contributed by atoms with Gasteiger partial charge < -0.3 is 5.43 Å².